The summed E-state index contributed by atoms with van der Waals surface area (Å²) in [6, 6.07) is 19.1. The zero-order valence-corrected chi connectivity index (χ0v) is 18.9. The number of ether oxygens (including phenoxy) is 2. The molecule has 0 saturated heterocycles. The van der Waals surface area contributed by atoms with Gasteiger partial charge >= 0.3 is 181 Å². The average molecular weight is 451 g/mol. The quantitative estimate of drug-likeness (QED) is 0.362. The van der Waals surface area contributed by atoms with E-state index >= 15 is 0 Å². The number of benzene rings is 2. The van der Waals surface area contributed by atoms with Crippen molar-refractivity contribution in [1.29, 1.82) is 0 Å². The van der Waals surface area contributed by atoms with E-state index in [2.05, 4.69) is 61.5 Å². The molecule has 2 nitrogen and oxygen atoms in total. The first kappa shape index (κ1) is 20.2. The molecule has 0 N–H and O–H groups in total. The minimum absolute atomic E-state index is 0.372. The number of fused-ring (bicyclic) bond motifs is 1. The molecule has 0 saturated carbocycles. The molecule has 0 radical (unpaired) electrons. The van der Waals surface area contributed by atoms with Crippen LogP contribution in [0.4, 0.5) is 0 Å². The molecule has 2 aromatic rings. The third kappa shape index (κ3) is 4.43. The summed E-state index contributed by atoms with van der Waals surface area (Å²) in [5.41, 5.74) is 6.96. The van der Waals surface area contributed by atoms with Crippen molar-refractivity contribution in [3.8, 4) is 5.75 Å². The van der Waals surface area contributed by atoms with Crippen molar-refractivity contribution in [3.63, 3.8) is 0 Å². The van der Waals surface area contributed by atoms with Crippen LogP contribution in [0.25, 0.3) is 11.6 Å². The molecule has 0 spiro atoms. The monoisotopic (exact) mass is 452 g/mol. The van der Waals surface area contributed by atoms with E-state index < -0.39 is 0 Å². The van der Waals surface area contributed by atoms with Gasteiger partial charge in [0.2, 0.25) is 0 Å². The Morgan fingerprint density at radius 1 is 1.03 bits per heavy atom. The summed E-state index contributed by atoms with van der Waals surface area (Å²) in [4.78, 5) is 0. The molecule has 2 aromatic carbocycles. The van der Waals surface area contributed by atoms with Gasteiger partial charge in [0.25, 0.3) is 0 Å². The summed E-state index contributed by atoms with van der Waals surface area (Å²) < 4.78 is 12.8. The number of hydrogen-bond acceptors (Lipinski definition) is 2. The van der Waals surface area contributed by atoms with E-state index in [1.165, 1.54) is 40.4 Å². The van der Waals surface area contributed by atoms with Crippen LogP contribution in [-0.2, 0) is 4.74 Å². The van der Waals surface area contributed by atoms with Crippen LogP contribution in [-0.4, -0.2) is 35.3 Å². The molecule has 29 heavy (non-hydrogen) atoms. The fourth-order valence-electron chi connectivity index (χ4n) is 3.95. The predicted molar refractivity (Wildman–Crippen MR) is 122 cm³/mol. The zero-order valence-electron chi connectivity index (χ0n) is 17.2. The third-order valence-corrected chi connectivity index (χ3v) is 7.98. The second-order valence-electron chi connectivity index (χ2n) is 7.40. The van der Waals surface area contributed by atoms with Gasteiger partial charge in [-0.05, 0) is 0 Å². The summed E-state index contributed by atoms with van der Waals surface area (Å²) in [5.74, 6) is 1.27. The van der Waals surface area contributed by atoms with Crippen LogP contribution in [0.15, 0.2) is 76.3 Å². The van der Waals surface area contributed by atoms with Crippen LogP contribution in [0, 0.1) is 5.92 Å². The molecule has 1 unspecified atom stereocenters. The molecular weight excluding hydrogens is 423 g/mol. The van der Waals surface area contributed by atoms with Crippen LogP contribution in [0.5, 0.6) is 5.75 Å². The molecule has 1 aliphatic heterocycles. The van der Waals surface area contributed by atoms with Gasteiger partial charge in [0.1, 0.15) is 0 Å². The molecule has 1 atom stereocenters. The molecule has 4 rings (SSSR count). The van der Waals surface area contributed by atoms with Gasteiger partial charge in [-0.25, -0.2) is 0 Å². The molecule has 0 amide bonds. The SMILES string of the molecule is CCCC[Se]C1=C2C(=C(c3ccccc3)C2/C=C/c2ccc(OC)cc2)COC1. The fraction of sp³-hybridized carbons (Fsp3) is 0.308. The van der Waals surface area contributed by atoms with Gasteiger partial charge in [-0.2, -0.15) is 0 Å². The Morgan fingerprint density at radius 2 is 1.83 bits per heavy atom. The molecule has 150 valence electrons. The Labute approximate surface area is 180 Å². The van der Waals surface area contributed by atoms with E-state index in [4.69, 9.17) is 9.47 Å². The third-order valence-electron chi connectivity index (χ3n) is 5.51. The van der Waals surface area contributed by atoms with Gasteiger partial charge in [-0.1, -0.05) is 0 Å². The number of allylic oxidation sites excluding steroid dienone is 2. The van der Waals surface area contributed by atoms with Crippen LogP contribution >= 0.6 is 0 Å². The molecular formula is C26H28O2Se. The van der Waals surface area contributed by atoms with Gasteiger partial charge in [0, 0.05) is 0 Å². The summed E-state index contributed by atoms with van der Waals surface area (Å²) in [6.45, 7) is 3.84. The first-order valence-corrected chi connectivity index (χ1v) is 12.4. The van der Waals surface area contributed by atoms with Crippen molar-refractivity contribution in [2.75, 3.05) is 20.3 Å². The van der Waals surface area contributed by atoms with E-state index in [1.807, 2.05) is 12.1 Å². The molecule has 0 fully saturated rings. The van der Waals surface area contributed by atoms with Crippen molar-refractivity contribution in [3.05, 3.63) is 87.4 Å². The van der Waals surface area contributed by atoms with E-state index in [9.17, 15) is 0 Å². The van der Waals surface area contributed by atoms with Gasteiger partial charge < -0.3 is 0 Å². The first-order chi connectivity index (χ1) is 14.3. The average Bonchev–Trinajstić information content (AvgIpc) is 2.76. The Hall–Kier alpha value is -2.06. The molecule has 0 aromatic heterocycles. The number of rotatable bonds is 8. The maximum absolute atomic E-state index is 6.00. The van der Waals surface area contributed by atoms with Gasteiger partial charge in [0.05, 0.1) is 0 Å². The van der Waals surface area contributed by atoms with Gasteiger partial charge in [0.15, 0.2) is 0 Å². The molecule has 1 heterocycles. The van der Waals surface area contributed by atoms with Crippen LogP contribution in [0.1, 0.15) is 30.9 Å². The van der Waals surface area contributed by atoms with Crippen molar-refractivity contribution >= 4 is 26.6 Å². The van der Waals surface area contributed by atoms with Crippen LogP contribution < -0.4 is 4.74 Å². The zero-order chi connectivity index (χ0) is 20.1. The molecule has 1 aliphatic carbocycles. The van der Waals surface area contributed by atoms with Gasteiger partial charge in [-0.3, -0.25) is 0 Å². The van der Waals surface area contributed by atoms with E-state index in [0.717, 1.165) is 19.0 Å². The fourth-order valence-corrected chi connectivity index (χ4v) is 6.58. The Morgan fingerprint density at radius 3 is 2.55 bits per heavy atom. The molecule has 3 heteroatoms. The standard InChI is InChI=1S/C26H28O2Se/c1-3-4-16-29-24-18-28-17-23-25(20-8-6-5-7-9-20)22(26(23)24)15-12-19-10-13-21(27-2)14-11-19/h5-15,22H,3-4,16-18H2,1-2H3/b15-12+. The van der Waals surface area contributed by atoms with E-state index in [1.54, 1.807) is 17.2 Å². The Kier molecular flexibility index (Phi) is 6.71. The molecule has 0 bridgehead atoms. The summed E-state index contributed by atoms with van der Waals surface area (Å²) >= 11 is 0.533. The number of methoxy groups -OCH3 is 1. The summed E-state index contributed by atoms with van der Waals surface area (Å²) in [7, 11) is 1.71. The second kappa shape index (κ2) is 9.63. The predicted octanol–water partition coefficient (Wildman–Crippen LogP) is 6.00. The van der Waals surface area contributed by atoms with E-state index in [-0.39, 0.29) is 0 Å². The van der Waals surface area contributed by atoms with Crippen molar-refractivity contribution in [1.82, 2.24) is 0 Å². The molecule has 2 aliphatic rings. The first-order valence-electron chi connectivity index (χ1n) is 10.4. The number of hydrogen-bond donors (Lipinski definition) is 0. The van der Waals surface area contributed by atoms with Crippen molar-refractivity contribution in [2.45, 2.75) is 25.1 Å². The van der Waals surface area contributed by atoms with E-state index in [0.29, 0.717) is 20.9 Å². The Bertz CT molecular complexity index is 923. The topological polar surface area (TPSA) is 18.5 Å². The Balaban J connectivity index is 1.67. The maximum atomic E-state index is 6.00. The number of unbranched alkanes of at least 4 members (excludes halogenated alkanes) is 1. The summed E-state index contributed by atoms with van der Waals surface area (Å²) in [5, 5.41) is 1.31. The van der Waals surface area contributed by atoms with Crippen LogP contribution in [0.3, 0.4) is 0 Å². The minimum atomic E-state index is 0.372. The van der Waals surface area contributed by atoms with Crippen molar-refractivity contribution < 1.29 is 9.47 Å². The normalized spacial score (nSPS) is 18.8. The second-order valence-corrected chi connectivity index (χ2v) is 9.90. The van der Waals surface area contributed by atoms with Gasteiger partial charge in [-0.15, -0.1) is 0 Å². The van der Waals surface area contributed by atoms with Crippen LogP contribution in [0.2, 0.25) is 5.32 Å². The summed E-state index contributed by atoms with van der Waals surface area (Å²) in [6.07, 6.45) is 7.21. The van der Waals surface area contributed by atoms with Crippen molar-refractivity contribution in [2.24, 2.45) is 5.92 Å².